The molecule has 8 heteroatoms. The molecule has 3 atom stereocenters. The molecular weight excluding hydrogens is 477 g/mol. The first kappa shape index (κ1) is 36.0. The van der Waals surface area contributed by atoms with E-state index >= 15 is 0 Å². The number of likely N-dealkylation sites (N-methyl/N-ethyl adjacent to an activating group) is 1. The van der Waals surface area contributed by atoms with Crippen molar-refractivity contribution < 1.29 is 33.2 Å². The topological polar surface area (TPSA) is 99.0 Å². The molecule has 218 valence electrons. The van der Waals surface area contributed by atoms with Crippen molar-refractivity contribution in [3.63, 3.8) is 0 Å². The van der Waals surface area contributed by atoms with Gasteiger partial charge < -0.3 is 28.6 Å². The SMILES string of the molecule is CCCCCCCCCCCCCCCCCCOC(O)C(C)(C)CC(C[N+](C)(C)C)OP(=O)([O-])O. The second kappa shape index (κ2) is 20.0. The molecule has 0 aromatic carbocycles. The lowest BCUT2D eigenvalue weighted by atomic mass is 9.85. The molecule has 0 spiro atoms. The highest BCUT2D eigenvalue weighted by atomic mass is 31.2. The number of nitrogens with zero attached hydrogens (tertiary/aromatic N) is 1. The summed E-state index contributed by atoms with van der Waals surface area (Å²) in [5.74, 6) is 0. The number of phosphoric acid groups is 1. The molecule has 0 aliphatic heterocycles. The molecule has 0 amide bonds. The fourth-order valence-electron chi connectivity index (χ4n) is 4.69. The van der Waals surface area contributed by atoms with Crippen LogP contribution in [0, 0.1) is 5.41 Å². The molecule has 0 aliphatic rings. The predicted molar refractivity (Wildman–Crippen MR) is 148 cm³/mol. The first-order valence-corrected chi connectivity index (χ1v) is 16.1. The average Bonchev–Trinajstić information content (AvgIpc) is 2.73. The Kier molecular flexibility index (Phi) is 20.0. The van der Waals surface area contributed by atoms with Crippen molar-refractivity contribution in [3.05, 3.63) is 0 Å². The maximum Gasteiger partial charge on any atom is 0.265 e. The summed E-state index contributed by atoms with van der Waals surface area (Å²) < 4.78 is 22.3. The van der Waals surface area contributed by atoms with Gasteiger partial charge in [0.2, 0.25) is 0 Å². The van der Waals surface area contributed by atoms with E-state index in [0.29, 0.717) is 17.6 Å². The molecule has 0 heterocycles. The maximum atomic E-state index is 11.3. The van der Waals surface area contributed by atoms with Crippen molar-refractivity contribution in [2.45, 2.75) is 142 Å². The van der Waals surface area contributed by atoms with Crippen molar-refractivity contribution in [3.8, 4) is 0 Å². The first-order chi connectivity index (χ1) is 16.8. The van der Waals surface area contributed by atoms with Crippen LogP contribution in [-0.2, 0) is 13.8 Å². The monoisotopic (exact) mass is 537 g/mol. The summed E-state index contributed by atoms with van der Waals surface area (Å²) in [6.45, 7) is 6.77. The number of phosphoric ester groups is 1. The van der Waals surface area contributed by atoms with Gasteiger partial charge in [-0.15, -0.1) is 0 Å². The number of ether oxygens (including phenoxy) is 1. The predicted octanol–water partition coefficient (Wildman–Crippen LogP) is 6.55. The minimum Gasteiger partial charge on any atom is -0.756 e. The van der Waals surface area contributed by atoms with Crippen LogP contribution in [0.15, 0.2) is 0 Å². The minimum absolute atomic E-state index is 0.245. The Labute approximate surface area is 223 Å². The molecule has 0 aliphatic carbocycles. The summed E-state index contributed by atoms with van der Waals surface area (Å²) in [6, 6.07) is 0. The van der Waals surface area contributed by atoms with E-state index in [-0.39, 0.29) is 6.42 Å². The number of rotatable bonds is 25. The lowest BCUT2D eigenvalue weighted by Gasteiger charge is -2.37. The van der Waals surface area contributed by atoms with E-state index in [1.54, 1.807) is 0 Å². The zero-order valence-corrected chi connectivity index (χ0v) is 25.4. The largest absolute Gasteiger partial charge is 0.756 e. The molecular formula is C28H60NO6P. The summed E-state index contributed by atoms with van der Waals surface area (Å²) in [5, 5.41) is 10.6. The third-order valence-electron chi connectivity index (χ3n) is 6.73. The van der Waals surface area contributed by atoms with Gasteiger partial charge in [-0.1, -0.05) is 117 Å². The van der Waals surface area contributed by atoms with Crippen LogP contribution in [0.4, 0.5) is 0 Å². The summed E-state index contributed by atoms with van der Waals surface area (Å²) in [5.41, 5.74) is -0.718. The summed E-state index contributed by atoms with van der Waals surface area (Å²) >= 11 is 0. The average molecular weight is 538 g/mol. The lowest BCUT2D eigenvalue weighted by molar-refractivity contribution is -0.873. The van der Waals surface area contributed by atoms with Crippen LogP contribution in [0.3, 0.4) is 0 Å². The molecule has 0 bridgehead atoms. The van der Waals surface area contributed by atoms with Crippen LogP contribution in [0.25, 0.3) is 0 Å². The molecule has 0 rings (SSSR count). The van der Waals surface area contributed by atoms with E-state index < -0.39 is 25.6 Å². The summed E-state index contributed by atoms with van der Waals surface area (Å²) in [6.07, 6.45) is 19.4. The van der Waals surface area contributed by atoms with Crippen LogP contribution >= 0.6 is 7.82 Å². The molecule has 7 nitrogen and oxygen atoms in total. The molecule has 0 aromatic heterocycles. The molecule has 2 N–H and O–H groups in total. The quantitative estimate of drug-likeness (QED) is 0.0593. The molecule has 0 saturated carbocycles. The van der Waals surface area contributed by atoms with Crippen molar-refractivity contribution in [1.82, 2.24) is 0 Å². The van der Waals surface area contributed by atoms with Crippen LogP contribution in [0.1, 0.15) is 130 Å². The van der Waals surface area contributed by atoms with Gasteiger partial charge >= 0.3 is 0 Å². The maximum absolute atomic E-state index is 11.3. The smallest absolute Gasteiger partial charge is 0.265 e. The Morgan fingerprint density at radius 2 is 1.19 bits per heavy atom. The van der Waals surface area contributed by atoms with Crippen LogP contribution in [-0.4, -0.2) is 61.2 Å². The Hall–Kier alpha value is -0.0100. The minimum atomic E-state index is -4.86. The molecule has 0 radical (unpaired) electrons. The third kappa shape index (κ3) is 23.1. The zero-order valence-electron chi connectivity index (χ0n) is 24.5. The van der Waals surface area contributed by atoms with Crippen molar-refractivity contribution in [2.75, 3.05) is 34.3 Å². The van der Waals surface area contributed by atoms with Crippen LogP contribution in [0.5, 0.6) is 0 Å². The Bertz CT molecular complexity index is 561. The fourth-order valence-corrected chi connectivity index (χ4v) is 5.21. The van der Waals surface area contributed by atoms with Crippen LogP contribution in [0.2, 0.25) is 0 Å². The third-order valence-corrected chi connectivity index (χ3v) is 7.29. The Morgan fingerprint density at radius 3 is 1.56 bits per heavy atom. The normalized spacial score (nSPS) is 16.1. The number of aliphatic hydroxyl groups excluding tert-OH is 1. The van der Waals surface area contributed by atoms with Gasteiger partial charge in [0.05, 0.1) is 21.1 Å². The highest BCUT2D eigenvalue weighted by Crippen LogP contribution is 2.38. The molecule has 0 fully saturated rings. The first-order valence-electron chi connectivity index (χ1n) is 14.6. The van der Waals surface area contributed by atoms with Gasteiger partial charge in [-0.3, -0.25) is 4.57 Å². The van der Waals surface area contributed by atoms with Crippen molar-refractivity contribution in [1.29, 1.82) is 0 Å². The van der Waals surface area contributed by atoms with Gasteiger partial charge in [-0.05, 0) is 12.8 Å². The number of unbranched alkanes of at least 4 members (excludes halogenated alkanes) is 15. The van der Waals surface area contributed by atoms with Gasteiger partial charge in [0.25, 0.3) is 7.82 Å². The van der Waals surface area contributed by atoms with Gasteiger partial charge in [0.1, 0.15) is 12.6 Å². The Morgan fingerprint density at radius 1 is 0.806 bits per heavy atom. The summed E-state index contributed by atoms with van der Waals surface area (Å²) in [4.78, 5) is 20.5. The number of quaternary nitrogens is 1. The lowest BCUT2D eigenvalue weighted by Crippen LogP contribution is -2.45. The van der Waals surface area contributed by atoms with Gasteiger partial charge in [0.15, 0.2) is 6.29 Å². The second-order valence-electron chi connectivity index (χ2n) is 12.4. The van der Waals surface area contributed by atoms with Crippen LogP contribution < -0.4 is 4.89 Å². The highest BCUT2D eigenvalue weighted by Gasteiger charge is 2.35. The number of hydrogen-bond donors (Lipinski definition) is 2. The van der Waals surface area contributed by atoms with E-state index in [1.807, 2.05) is 35.0 Å². The Balaban J connectivity index is 3.86. The van der Waals surface area contributed by atoms with E-state index in [2.05, 4.69) is 6.92 Å². The van der Waals surface area contributed by atoms with E-state index in [1.165, 1.54) is 89.9 Å². The van der Waals surface area contributed by atoms with Gasteiger partial charge in [0, 0.05) is 12.0 Å². The number of hydrogen-bond acceptors (Lipinski definition) is 5. The van der Waals surface area contributed by atoms with Crippen molar-refractivity contribution in [2.24, 2.45) is 5.41 Å². The van der Waals surface area contributed by atoms with Gasteiger partial charge in [-0.25, -0.2) is 0 Å². The standard InChI is InChI=1S/C28H60NO6P/c1-7-8-9-10-11-12-13-14-15-16-17-18-19-20-21-22-23-34-27(30)28(2,3)24-26(25-29(4,5)6)35-36(31,32)33/h26-27,30H,7-25H2,1-6H3,(H-,31,32,33). The van der Waals surface area contributed by atoms with E-state index in [0.717, 1.165) is 12.8 Å². The highest BCUT2D eigenvalue weighted by molar-refractivity contribution is 7.44. The van der Waals surface area contributed by atoms with Crippen molar-refractivity contribution >= 4 is 7.82 Å². The van der Waals surface area contributed by atoms with Gasteiger partial charge in [-0.2, -0.15) is 0 Å². The second-order valence-corrected chi connectivity index (χ2v) is 13.5. The number of aliphatic hydroxyl groups is 1. The summed E-state index contributed by atoms with van der Waals surface area (Å²) in [7, 11) is 0.890. The molecule has 36 heavy (non-hydrogen) atoms. The fraction of sp³-hybridized carbons (Fsp3) is 1.00. The molecule has 0 aromatic rings. The molecule has 0 saturated heterocycles. The molecule has 3 unspecified atom stereocenters. The zero-order chi connectivity index (χ0) is 27.5. The van der Waals surface area contributed by atoms with E-state index in [4.69, 9.17) is 14.2 Å². The van der Waals surface area contributed by atoms with E-state index in [9.17, 15) is 14.6 Å².